The molecule has 0 aromatic heterocycles. The van der Waals surface area contributed by atoms with Crippen LogP contribution in [0.4, 0.5) is 0 Å². The minimum atomic E-state index is 0.657. The van der Waals surface area contributed by atoms with E-state index in [2.05, 4.69) is 42.2 Å². The Bertz CT molecular complexity index is 440. The molecule has 1 aliphatic carbocycles. The third kappa shape index (κ3) is 1.86. The summed E-state index contributed by atoms with van der Waals surface area (Å²) in [6, 6.07) is 11.1. The van der Waals surface area contributed by atoms with Crippen LogP contribution in [0.5, 0.6) is 0 Å². The summed E-state index contributed by atoms with van der Waals surface area (Å²) in [5, 5.41) is 0. The second-order valence-corrected chi connectivity index (χ2v) is 7.08. The molecule has 1 aromatic carbocycles. The first kappa shape index (κ1) is 12.0. The maximum absolute atomic E-state index is 2.84. The monoisotopic (exact) mass is 255 g/mol. The minimum Gasteiger partial charge on any atom is -0.297 e. The first-order valence-electron chi connectivity index (χ1n) is 8.09. The van der Waals surface area contributed by atoms with E-state index >= 15 is 0 Å². The quantitative estimate of drug-likeness (QED) is 0.787. The zero-order valence-corrected chi connectivity index (χ0v) is 12.0. The Kier molecular flexibility index (Phi) is 2.73. The summed E-state index contributed by atoms with van der Waals surface area (Å²) in [5.74, 6) is 2.73. The van der Waals surface area contributed by atoms with Crippen LogP contribution in [-0.2, 0) is 0 Å². The van der Waals surface area contributed by atoms with Crippen LogP contribution in [0.25, 0.3) is 0 Å². The van der Waals surface area contributed by atoms with Crippen LogP contribution in [0.3, 0.4) is 0 Å². The number of fused-ring (bicyclic) bond motifs is 2. The van der Waals surface area contributed by atoms with Gasteiger partial charge in [0.05, 0.1) is 0 Å². The van der Waals surface area contributed by atoms with Crippen LogP contribution in [0.15, 0.2) is 30.3 Å². The van der Waals surface area contributed by atoms with Gasteiger partial charge in [0, 0.05) is 5.54 Å². The Labute approximate surface area is 117 Å². The Hall–Kier alpha value is -0.820. The molecule has 4 fully saturated rings. The first-order chi connectivity index (χ1) is 9.29. The first-order valence-corrected chi connectivity index (χ1v) is 8.09. The van der Waals surface area contributed by atoms with Crippen molar-refractivity contribution in [2.45, 2.75) is 50.5 Å². The van der Waals surface area contributed by atoms with E-state index in [1.807, 2.05) is 0 Å². The number of rotatable bonds is 3. The molecule has 5 rings (SSSR count). The highest BCUT2D eigenvalue weighted by atomic mass is 15.3. The molecule has 0 unspecified atom stereocenters. The second-order valence-electron chi connectivity index (χ2n) is 7.08. The third-order valence-electron chi connectivity index (χ3n) is 6.17. The molecule has 2 bridgehead atoms. The van der Waals surface area contributed by atoms with Crippen molar-refractivity contribution in [3.8, 4) is 0 Å². The van der Waals surface area contributed by atoms with Crippen LogP contribution < -0.4 is 0 Å². The lowest BCUT2D eigenvalue weighted by molar-refractivity contribution is -0.0325. The van der Waals surface area contributed by atoms with Crippen molar-refractivity contribution in [2.75, 3.05) is 13.1 Å². The van der Waals surface area contributed by atoms with Crippen LogP contribution in [0, 0.1) is 11.8 Å². The van der Waals surface area contributed by atoms with E-state index in [9.17, 15) is 0 Å². The normalized spacial score (nSPS) is 36.4. The van der Waals surface area contributed by atoms with Crippen LogP contribution in [0.2, 0.25) is 0 Å². The van der Waals surface area contributed by atoms with E-state index in [1.54, 1.807) is 0 Å². The topological polar surface area (TPSA) is 3.24 Å². The fourth-order valence-electron chi connectivity index (χ4n) is 4.95. The summed E-state index contributed by atoms with van der Waals surface area (Å²) in [6.45, 7) is 5.21. The van der Waals surface area contributed by atoms with Crippen molar-refractivity contribution in [1.29, 1.82) is 0 Å². The van der Waals surface area contributed by atoms with Crippen molar-refractivity contribution < 1.29 is 0 Å². The van der Waals surface area contributed by atoms with Crippen molar-refractivity contribution in [1.82, 2.24) is 4.90 Å². The molecule has 19 heavy (non-hydrogen) atoms. The van der Waals surface area contributed by atoms with Gasteiger partial charge in [0.2, 0.25) is 0 Å². The fraction of sp³-hybridized carbons (Fsp3) is 0.667. The zero-order valence-electron chi connectivity index (χ0n) is 12.0. The fourth-order valence-corrected chi connectivity index (χ4v) is 4.95. The van der Waals surface area contributed by atoms with Gasteiger partial charge in [-0.25, -0.2) is 0 Å². The lowest BCUT2D eigenvalue weighted by atomic mass is 9.68. The lowest BCUT2D eigenvalue weighted by Crippen LogP contribution is -2.56. The highest BCUT2D eigenvalue weighted by Gasteiger charge is 2.59. The smallest absolute Gasteiger partial charge is 0.0242 e. The van der Waals surface area contributed by atoms with Gasteiger partial charge >= 0.3 is 0 Å². The van der Waals surface area contributed by atoms with E-state index in [1.165, 1.54) is 50.8 Å². The SMILES string of the molecule is C[C@H](C[C@H]1C2CCN(CC2)C12CC2)c1ccccc1. The minimum absolute atomic E-state index is 0.657. The van der Waals surface area contributed by atoms with E-state index < -0.39 is 0 Å². The molecule has 1 spiro atoms. The molecule has 102 valence electrons. The summed E-state index contributed by atoms with van der Waals surface area (Å²) in [7, 11) is 0. The summed E-state index contributed by atoms with van der Waals surface area (Å²) in [6.07, 6.45) is 7.30. The molecule has 1 aromatic rings. The van der Waals surface area contributed by atoms with Gasteiger partial charge in [-0.05, 0) is 68.5 Å². The number of hydrogen-bond donors (Lipinski definition) is 0. The molecule has 1 heteroatoms. The van der Waals surface area contributed by atoms with Crippen molar-refractivity contribution >= 4 is 0 Å². The maximum atomic E-state index is 2.84. The van der Waals surface area contributed by atoms with Crippen molar-refractivity contribution in [2.24, 2.45) is 11.8 Å². The number of benzene rings is 1. The molecule has 1 nitrogen and oxygen atoms in total. The predicted octanol–water partition coefficient (Wildman–Crippen LogP) is 4.05. The summed E-state index contributed by atoms with van der Waals surface area (Å²) < 4.78 is 0. The number of hydrogen-bond acceptors (Lipinski definition) is 1. The molecule has 2 atom stereocenters. The number of nitrogens with zero attached hydrogens (tertiary/aromatic N) is 1. The van der Waals surface area contributed by atoms with E-state index in [4.69, 9.17) is 0 Å². The van der Waals surface area contributed by atoms with Crippen molar-refractivity contribution in [3.63, 3.8) is 0 Å². The maximum Gasteiger partial charge on any atom is 0.0242 e. The second kappa shape index (κ2) is 4.34. The Balaban J connectivity index is 1.53. The average molecular weight is 255 g/mol. The van der Waals surface area contributed by atoms with Gasteiger partial charge in [-0.2, -0.15) is 0 Å². The molecular formula is C18H25N. The van der Waals surface area contributed by atoms with Gasteiger partial charge in [0.1, 0.15) is 0 Å². The highest BCUT2D eigenvalue weighted by Crippen LogP contribution is 2.59. The summed E-state index contributed by atoms with van der Waals surface area (Å²) in [5.41, 5.74) is 2.19. The van der Waals surface area contributed by atoms with Gasteiger partial charge in [-0.15, -0.1) is 0 Å². The molecule has 0 amide bonds. The highest BCUT2D eigenvalue weighted by molar-refractivity contribution is 5.21. The van der Waals surface area contributed by atoms with Crippen LogP contribution >= 0.6 is 0 Å². The standard InChI is InChI=1S/C18H25N/c1-14(15-5-3-2-4-6-15)13-17-16-7-11-19(12-8-16)18(17)9-10-18/h2-6,14,16-17H,7-13H2,1H3/t14-,17+/m1/s1. The molecule has 0 N–H and O–H groups in total. The average Bonchev–Trinajstić information content (AvgIpc) is 3.25. The Morgan fingerprint density at radius 1 is 1.16 bits per heavy atom. The summed E-state index contributed by atoms with van der Waals surface area (Å²) >= 11 is 0. The van der Waals surface area contributed by atoms with Crippen LogP contribution in [0.1, 0.15) is 50.5 Å². The molecule has 1 saturated carbocycles. The Morgan fingerprint density at radius 2 is 1.84 bits per heavy atom. The lowest BCUT2D eigenvalue weighted by Gasteiger charge is -2.53. The van der Waals surface area contributed by atoms with Crippen molar-refractivity contribution in [3.05, 3.63) is 35.9 Å². The molecule has 3 saturated heterocycles. The molecular weight excluding hydrogens is 230 g/mol. The zero-order chi connectivity index (χ0) is 12.9. The van der Waals surface area contributed by atoms with E-state index in [-0.39, 0.29) is 0 Å². The van der Waals surface area contributed by atoms with Gasteiger partial charge in [0.15, 0.2) is 0 Å². The van der Waals surface area contributed by atoms with Crippen LogP contribution in [-0.4, -0.2) is 23.5 Å². The Morgan fingerprint density at radius 3 is 2.47 bits per heavy atom. The third-order valence-corrected chi connectivity index (χ3v) is 6.17. The molecule has 3 aliphatic heterocycles. The van der Waals surface area contributed by atoms with E-state index in [0.29, 0.717) is 5.54 Å². The predicted molar refractivity (Wildman–Crippen MR) is 79.2 cm³/mol. The number of piperidine rings is 3. The van der Waals surface area contributed by atoms with Gasteiger partial charge in [-0.3, -0.25) is 4.90 Å². The summed E-state index contributed by atoms with van der Waals surface area (Å²) in [4.78, 5) is 2.84. The molecule has 0 radical (unpaired) electrons. The van der Waals surface area contributed by atoms with Gasteiger partial charge in [0.25, 0.3) is 0 Å². The van der Waals surface area contributed by atoms with Gasteiger partial charge < -0.3 is 0 Å². The molecule has 4 aliphatic rings. The largest absolute Gasteiger partial charge is 0.297 e. The molecule has 3 heterocycles. The van der Waals surface area contributed by atoms with E-state index in [0.717, 1.165) is 17.8 Å². The van der Waals surface area contributed by atoms with Gasteiger partial charge in [-0.1, -0.05) is 37.3 Å².